The van der Waals surface area contributed by atoms with Crippen LogP contribution in [-0.4, -0.2) is 62.0 Å². The zero-order chi connectivity index (χ0) is 17.4. The van der Waals surface area contributed by atoms with E-state index in [9.17, 15) is 5.11 Å². The van der Waals surface area contributed by atoms with E-state index in [1.54, 1.807) is 0 Å². The van der Waals surface area contributed by atoms with E-state index in [0.29, 0.717) is 6.54 Å². The zero-order valence-corrected chi connectivity index (χ0v) is 15.9. The highest BCUT2D eigenvalue weighted by molar-refractivity contribution is 5.79. The lowest BCUT2D eigenvalue weighted by Crippen LogP contribution is -2.43. The average molecular weight is 340 g/mol. The van der Waals surface area contributed by atoms with Crippen LogP contribution in [0, 0.1) is 11.3 Å². The minimum Gasteiger partial charge on any atom is -0.392 e. The second-order valence-corrected chi connectivity index (χ2v) is 7.85. The molecule has 1 saturated heterocycles. The summed E-state index contributed by atoms with van der Waals surface area (Å²) in [7, 11) is 2.13. The second-order valence-electron chi connectivity index (χ2n) is 7.85. The number of aliphatic imine (C=N–C) groups is 1. The standard InChI is InChI=1S/C19H37N3O2/c1-4-20-18(21-15-19(2)11-6-5-7-17(19)23)22(3)12-8-16-9-13-24-14-10-16/h16-17,23H,4-15H2,1-3H3,(H,20,21). The molecule has 5 nitrogen and oxygen atoms in total. The van der Waals surface area contributed by atoms with Crippen LogP contribution in [0.2, 0.25) is 0 Å². The lowest BCUT2D eigenvalue weighted by molar-refractivity contribution is 0.00705. The molecule has 2 unspecified atom stereocenters. The lowest BCUT2D eigenvalue weighted by Gasteiger charge is -2.37. The van der Waals surface area contributed by atoms with Gasteiger partial charge < -0.3 is 20.1 Å². The van der Waals surface area contributed by atoms with Gasteiger partial charge in [0.25, 0.3) is 0 Å². The van der Waals surface area contributed by atoms with Crippen LogP contribution >= 0.6 is 0 Å². The number of rotatable bonds is 6. The molecule has 0 amide bonds. The summed E-state index contributed by atoms with van der Waals surface area (Å²) in [6, 6.07) is 0. The first-order valence-electron chi connectivity index (χ1n) is 9.80. The molecule has 2 fully saturated rings. The molecule has 5 heteroatoms. The summed E-state index contributed by atoms with van der Waals surface area (Å²) < 4.78 is 5.45. The predicted molar refractivity (Wildman–Crippen MR) is 99.4 cm³/mol. The Bertz CT molecular complexity index is 396. The van der Waals surface area contributed by atoms with E-state index in [0.717, 1.165) is 57.4 Å². The van der Waals surface area contributed by atoms with E-state index < -0.39 is 0 Å². The largest absolute Gasteiger partial charge is 0.392 e. The van der Waals surface area contributed by atoms with Gasteiger partial charge in [-0.3, -0.25) is 4.99 Å². The molecule has 140 valence electrons. The van der Waals surface area contributed by atoms with Crippen molar-refractivity contribution >= 4 is 5.96 Å². The number of nitrogens with one attached hydrogen (secondary N) is 1. The van der Waals surface area contributed by atoms with Crippen LogP contribution in [0.3, 0.4) is 0 Å². The molecular formula is C19H37N3O2. The van der Waals surface area contributed by atoms with Gasteiger partial charge in [-0.1, -0.05) is 19.8 Å². The number of hydrogen-bond acceptors (Lipinski definition) is 3. The maximum Gasteiger partial charge on any atom is 0.193 e. The molecule has 0 aromatic heterocycles. The molecule has 0 radical (unpaired) electrons. The van der Waals surface area contributed by atoms with Crippen LogP contribution in [0.15, 0.2) is 4.99 Å². The normalized spacial score (nSPS) is 29.5. The zero-order valence-electron chi connectivity index (χ0n) is 15.9. The highest BCUT2D eigenvalue weighted by Gasteiger charge is 2.35. The second kappa shape index (κ2) is 9.62. The van der Waals surface area contributed by atoms with Crippen molar-refractivity contribution in [3.05, 3.63) is 0 Å². The maximum atomic E-state index is 10.4. The maximum absolute atomic E-state index is 10.4. The Morgan fingerprint density at radius 3 is 2.71 bits per heavy atom. The predicted octanol–water partition coefficient (Wildman–Crippen LogP) is 2.64. The molecule has 1 heterocycles. The van der Waals surface area contributed by atoms with Gasteiger partial charge in [-0.25, -0.2) is 0 Å². The number of aliphatic hydroxyl groups excluding tert-OH is 1. The highest BCUT2D eigenvalue weighted by atomic mass is 16.5. The monoisotopic (exact) mass is 339 g/mol. The van der Waals surface area contributed by atoms with Crippen molar-refractivity contribution in [2.45, 2.75) is 64.9 Å². The van der Waals surface area contributed by atoms with Crippen molar-refractivity contribution < 1.29 is 9.84 Å². The quantitative estimate of drug-likeness (QED) is 0.577. The fraction of sp³-hybridized carbons (Fsp3) is 0.947. The first-order valence-corrected chi connectivity index (χ1v) is 9.80. The Labute approximate surface area is 147 Å². The molecule has 0 aromatic carbocycles. The fourth-order valence-corrected chi connectivity index (χ4v) is 3.81. The molecule has 1 saturated carbocycles. The molecule has 2 rings (SSSR count). The minimum atomic E-state index is -0.217. The molecule has 1 aliphatic carbocycles. The summed E-state index contributed by atoms with van der Waals surface area (Å²) >= 11 is 0. The van der Waals surface area contributed by atoms with E-state index in [1.165, 1.54) is 25.7 Å². The van der Waals surface area contributed by atoms with Gasteiger partial charge in [-0.05, 0) is 44.9 Å². The van der Waals surface area contributed by atoms with E-state index >= 15 is 0 Å². The molecule has 2 N–H and O–H groups in total. The van der Waals surface area contributed by atoms with Crippen molar-refractivity contribution in [1.82, 2.24) is 10.2 Å². The average Bonchev–Trinajstić information content (AvgIpc) is 2.60. The summed E-state index contributed by atoms with van der Waals surface area (Å²) in [5.41, 5.74) is -0.0690. The number of hydrogen-bond donors (Lipinski definition) is 2. The van der Waals surface area contributed by atoms with E-state index in [1.807, 2.05) is 0 Å². The Balaban J connectivity index is 1.88. The third-order valence-corrected chi connectivity index (χ3v) is 5.78. The third-order valence-electron chi connectivity index (χ3n) is 5.78. The van der Waals surface area contributed by atoms with Gasteiger partial charge in [0.05, 0.1) is 12.6 Å². The minimum absolute atomic E-state index is 0.0690. The molecule has 0 bridgehead atoms. The van der Waals surface area contributed by atoms with Crippen molar-refractivity contribution in [2.24, 2.45) is 16.3 Å². The number of nitrogens with zero attached hydrogens (tertiary/aromatic N) is 2. The van der Waals surface area contributed by atoms with E-state index in [-0.39, 0.29) is 11.5 Å². The first kappa shape index (κ1) is 19.5. The van der Waals surface area contributed by atoms with Crippen molar-refractivity contribution in [3.8, 4) is 0 Å². The Hall–Kier alpha value is -0.810. The number of aliphatic hydroxyl groups is 1. The van der Waals surface area contributed by atoms with Crippen LogP contribution in [0.25, 0.3) is 0 Å². The molecule has 1 aliphatic heterocycles. The van der Waals surface area contributed by atoms with Crippen LogP contribution < -0.4 is 5.32 Å². The first-order chi connectivity index (χ1) is 11.5. The van der Waals surface area contributed by atoms with Gasteiger partial charge in [-0.2, -0.15) is 0 Å². The number of ether oxygens (including phenoxy) is 1. The summed E-state index contributed by atoms with van der Waals surface area (Å²) in [6.45, 7) is 8.73. The molecular weight excluding hydrogens is 302 g/mol. The Morgan fingerprint density at radius 1 is 1.29 bits per heavy atom. The lowest BCUT2D eigenvalue weighted by atomic mass is 9.73. The number of guanidine groups is 1. The summed E-state index contributed by atoms with van der Waals surface area (Å²) in [5.74, 6) is 1.75. The molecule has 0 spiro atoms. The van der Waals surface area contributed by atoms with Crippen molar-refractivity contribution in [3.63, 3.8) is 0 Å². The van der Waals surface area contributed by atoms with E-state index in [2.05, 4.69) is 31.1 Å². The van der Waals surface area contributed by atoms with Gasteiger partial charge in [0.2, 0.25) is 0 Å². The Morgan fingerprint density at radius 2 is 2.04 bits per heavy atom. The van der Waals surface area contributed by atoms with Gasteiger partial charge in [0, 0.05) is 38.8 Å². The Kier molecular flexibility index (Phi) is 7.82. The topological polar surface area (TPSA) is 57.1 Å². The SMILES string of the molecule is CCNC(=NCC1(C)CCCCC1O)N(C)CCC1CCOCC1. The summed E-state index contributed by atoms with van der Waals surface area (Å²) in [6.07, 6.45) is 7.70. The van der Waals surface area contributed by atoms with Gasteiger partial charge in [0.1, 0.15) is 0 Å². The van der Waals surface area contributed by atoms with Crippen LogP contribution in [0.1, 0.15) is 58.8 Å². The van der Waals surface area contributed by atoms with Crippen LogP contribution in [-0.2, 0) is 4.74 Å². The summed E-state index contributed by atoms with van der Waals surface area (Å²) in [4.78, 5) is 7.12. The van der Waals surface area contributed by atoms with Crippen LogP contribution in [0.5, 0.6) is 0 Å². The van der Waals surface area contributed by atoms with Gasteiger partial charge in [-0.15, -0.1) is 0 Å². The molecule has 0 aromatic rings. The molecule has 24 heavy (non-hydrogen) atoms. The van der Waals surface area contributed by atoms with Crippen molar-refractivity contribution in [1.29, 1.82) is 0 Å². The molecule has 2 atom stereocenters. The van der Waals surface area contributed by atoms with Gasteiger partial charge >= 0.3 is 0 Å². The van der Waals surface area contributed by atoms with Crippen molar-refractivity contribution in [2.75, 3.05) is 39.9 Å². The molecule has 2 aliphatic rings. The fourth-order valence-electron chi connectivity index (χ4n) is 3.81. The third kappa shape index (κ3) is 5.62. The highest BCUT2D eigenvalue weighted by Crippen LogP contribution is 2.36. The smallest absolute Gasteiger partial charge is 0.193 e. The summed E-state index contributed by atoms with van der Waals surface area (Å²) in [5, 5.41) is 13.8. The van der Waals surface area contributed by atoms with E-state index in [4.69, 9.17) is 9.73 Å². The van der Waals surface area contributed by atoms with Gasteiger partial charge in [0.15, 0.2) is 5.96 Å². The van der Waals surface area contributed by atoms with Crippen LogP contribution in [0.4, 0.5) is 0 Å².